The number of hydrogen-bond donors (Lipinski definition) is 1. The van der Waals surface area contributed by atoms with E-state index in [1.54, 1.807) is 30.5 Å². The molecule has 168 valence electrons. The van der Waals surface area contributed by atoms with Crippen LogP contribution >= 0.6 is 0 Å². The first-order valence-electron chi connectivity index (χ1n) is 10.6. The second-order valence-electron chi connectivity index (χ2n) is 7.90. The van der Waals surface area contributed by atoms with Crippen LogP contribution in [0.4, 0.5) is 20.2 Å². The number of nitrogens with zero attached hydrogens (tertiary/aromatic N) is 3. The first-order valence-corrected chi connectivity index (χ1v) is 10.6. The van der Waals surface area contributed by atoms with E-state index in [9.17, 15) is 18.8 Å². The number of aryl methyl sites for hydroxylation is 1. The topological polar surface area (TPSA) is 78.2 Å². The van der Waals surface area contributed by atoms with Crippen LogP contribution in [-0.4, -0.2) is 30.1 Å². The number of pyridine rings is 1. The molecular formula is C25H22F2N4O2. The second-order valence-corrected chi connectivity index (χ2v) is 7.90. The highest BCUT2D eigenvalue weighted by molar-refractivity contribution is 6.04. The number of amides is 1. The normalized spacial score (nSPS) is 13.9. The molecule has 0 saturated carbocycles. The summed E-state index contributed by atoms with van der Waals surface area (Å²) >= 11 is 0. The molecular weight excluding hydrogens is 426 g/mol. The molecule has 33 heavy (non-hydrogen) atoms. The predicted molar refractivity (Wildman–Crippen MR) is 120 cm³/mol. The van der Waals surface area contributed by atoms with Crippen LogP contribution in [0.5, 0.6) is 5.75 Å². The van der Waals surface area contributed by atoms with Crippen molar-refractivity contribution in [1.29, 1.82) is 5.26 Å². The van der Waals surface area contributed by atoms with Crippen LogP contribution in [0.1, 0.15) is 34.5 Å². The van der Waals surface area contributed by atoms with Crippen molar-refractivity contribution in [3.8, 4) is 11.8 Å². The first kappa shape index (κ1) is 22.2. The summed E-state index contributed by atoms with van der Waals surface area (Å²) < 4.78 is 32.8. The molecule has 4 rings (SSSR count). The third-order valence-corrected chi connectivity index (χ3v) is 5.49. The molecule has 1 N–H and O–H groups in total. The van der Waals surface area contributed by atoms with Crippen LogP contribution in [0.2, 0.25) is 0 Å². The number of halogens is 2. The van der Waals surface area contributed by atoms with Gasteiger partial charge in [0.05, 0.1) is 23.0 Å². The molecule has 8 heteroatoms. The minimum atomic E-state index is -0.723. The molecule has 6 nitrogen and oxygen atoms in total. The monoisotopic (exact) mass is 448 g/mol. The Bertz CT molecular complexity index is 1200. The van der Waals surface area contributed by atoms with Crippen molar-refractivity contribution in [3.05, 3.63) is 83.2 Å². The van der Waals surface area contributed by atoms with Crippen molar-refractivity contribution in [2.45, 2.75) is 25.9 Å². The van der Waals surface area contributed by atoms with E-state index in [1.807, 2.05) is 13.0 Å². The van der Waals surface area contributed by atoms with E-state index < -0.39 is 11.6 Å². The van der Waals surface area contributed by atoms with Crippen molar-refractivity contribution in [3.63, 3.8) is 0 Å². The average Bonchev–Trinajstić information content (AvgIpc) is 2.82. The van der Waals surface area contributed by atoms with Gasteiger partial charge in [0.1, 0.15) is 17.6 Å². The third-order valence-electron chi connectivity index (χ3n) is 5.49. The summed E-state index contributed by atoms with van der Waals surface area (Å²) in [6, 6.07) is 14.0. The Hall–Kier alpha value is -3.99. The zero-order valence-corrected chi connectivity index (χ0v) is 18.0. The van der Waals surface area contributed by atoms with Gasteiger partial charge in [-0.2, -0.15) is 5.26 Å². The minimum absolute atomic E-state index is 0.0340. The molecule has 0 aliphatic carbocycles. The summed E-state index contributed by atoms with van der Waals surface area (Å²) in [4.78, 5) is 19.0. The Labute approximate surface area is 190 Å². The average molecular weight is 448 g/mol. The smallest absolute Gasteiger partial charge is 0.274 e. The zero-order valence-electron chi connectivity index (χ0n) is 18.0. The highest BCUT2D eigenvalue weighted by atomic mass is 19.1. The molecule has 1 aromatic heterocycles. The van der Waals surface area contributed by atoms with Crippen molar-refractivity contribution < 1.29 is 18.3 Å². The van der Waals surface area contributed by atoms with E-state index in [0.29, 0.717) is 37.2 Å². The summed E-state index contributed by atoms with van der Waals surface area (Å²) in [6.45, 7) is 3.09. The maximum absolute atomic E-state index is 13.9. The summed E-state index contributed by atoms with van der Waals surface area (Å²) in [5, 5.41) is 12.2. The largest absolute Gasteiger partial charge is 0.487 e. The van der Waals surface area contributed by atoms with Gasteiger partial charge < -0.3 is 15.0 Å². The predicted octanol–water partition coefficient (Wildman–Crippen LogP) is 4.84. The highest BCUT2D eigenvalue weighted by Crippen LogP contribution is 2.31. The van der Waals surface area contributed by atoms with Crippen LogP contribution in [0.3, 0.4) is 0 Å². The molecule has 1 aliphatic heterocycles. The first-order chi connectivity index (χ1) is 15.9. The Kier molecular flexibility index (Phi) is 6.50. The molecule has 1 fully saturated rings. The number of rotatable bonds is 5. The summed E-state index contributed by atoms with van der Waals surface area (Å²) in [5.41, 5.74) is 2.95. The fourth-order valence-corrected chi connectivity index (χ4v) is 3.73. The molecule has 1 aliphatic rings. The number of carbonyl (C=O) groups is 1. The number of hydrogen-bond acceptors (Lipinski definition) is 5. The standard InChI is InChI=1S/C25H22F2N4O2/c1-16-2-5-21(29-15-16)25(32)30-22-12-17(14-28)3-6-23(22)31-10-8-19(9-11-31)33-24-7-4-18(26)13-20(24)27/h2-7,12-13,15,19H,8-11H2,1H3,(H,30,32). The number of nitriles is 1. The zero-order chi connectivity index (χ0) is 23.4. The van der Waals surface area contributed by atoms with Gasteiger partial charge in [0.25, 0.3) is 5.91 Å². The van der Waals surface area contributed by atoms with Gasteiger partial charge in [-0.25, -0.2) is 8.78 Å². The fourth-order valence-electron chi connectivity index (χ4n) is 3.73. The van der Waals surface area contributed by atoms with Gasteiger partial charge in [0.15, 0.2) is 11.6 Å². The van der Waals surface area contributed by atoms with Gasteiger partial charge in [0.2, 0.25) is 0 Å². The lowest BCUT2D eigenvalue weighted by molar-refractivity contribution is 0.102. The molecule has 1 saturated heterocycles. The van der Waals surface area contributed by atoms with Crippen molar-refractivity contribution >= 4 is 17.3 Å². The Morgan fingerprint density at radius 1 is 1.15 bits per heavy atom. The number of piperidine rings is 1. The van der Waals surface area contributed by atoms with Gasteiger partial charge in [-0.15, -0.1) is 0 Å². The fraction of sp³-hybridized carbons (Fsp3) is 0.240. The second kappa shape index (κ2) is 9.65. The molecule has 0 bridgehead atoms. The van der Waals surface area contributed by atoms with E-state index in [0.717, 1.165) is 17.3 Å². The van der Waals surface area contributed by atoms with Crippen molar-refractivity contribution in [2.24, 2.45) is 0 Å². The van der Waals surface area contributed by atoms with E-state index in [2.05, 4.69) is 21.3 Å². The lowest BCUT2D eigenvalue weighted by Crippen LogP contribution is -2.38. The molecule has 0 spiro atoms. The number of carbonyl (C=O) groups excluding carboxylic acids is 1. The molecule has 0 unspecified atom stereocenters. The maximum Gasteiger partial charge on any atom is 0.274 e. The van der Waals surface area contributed by atoms with Crippen LogP contribution in [-0.2, 0) is 0 Å². The molecule has 0 atom stereocenters. The van der Waals surface area contributed by atoms with E-state index in [1.165, 1.54) is 12.1 Å². The van der Waals surface area contributed by atoms with Crippen molar-refractivity contribution in [2.75, 3.05) is 23.3 Å². The third kappa shape index (κ3) is 5.26. The van der Waals surface area contributed by atoms with Gasteiger partial charge in [-0.3, -0.25) is 9.78 Å². The number of nitrogens with one attached hydrogen (secondary N) is 1. The quantitative estimate of drug-likeness (QED) is 0.604. The number of aromatic nitrogens is 1. The SMILES string of the molecule is Cc1ccc(C(=O)Nc2cc(C#N)ccc2N2CCC(Oc3ccc(F)cc3F)CC2)nc1. The Balaban J connectivity index is 1.47. The van der Waals surface area contributed by atoms with E-state index in [4.69, 9.17) is 4.74 Å². The lowest BCUT2D eigenvalue weighted by atomic mass is 10.1. The van der Waals surface area contributed by atoms with Crippen LogP contribution in [0.25, 0.3) is 0 Å². The Morgan fingerprint density at radius 3 is 2.61 bits per heavy atom. The molecule has 0 radical (unpaired) electrons. The van der Waals surface area contributed by atoms with Crippen LogP contribution in [0.15, 0.2) is 54.7 Å². The molecule has 2 aromatic carbocycles. The number of benzene rings is 2. The lowest BCUT2D eigenvalue weighted by Gasteiger charge is -2.34. The minimum Gasteiger partial charge on any atom is -0.487 e. The number of anilines is 2. The van der Waals surface area contributed by atoms with Gasteiger partial charge in [-0.1, -0.05) is 6.07 Å². The summed E-state index contributed by atoms with van der Waals surface area (Å²) in [6.07, 6.45) is 2.64. The Morgan fingerprint density at radius 2 is 1.94 bits per heavy atom. The maximum atomic E-state index is 13.9. The van der Waals surface area contributed by atoms with Crippen LogP contribution in [0, 0.1) is 29.9 Å². The number of ether oxygens (including phenoxy) is 1. The summed E-state index contributed by atoms with van der Waals surface area (Å²) in [5.74, 6) is -1.70. The van der Waals surface area contributed by atoms with Gasteiger partial charge >= 0.3 is 0 Å². The van der Waals surface area contributed by atoms with Crippen LogP contribution < -0.4 is 15.0 Å². The molecule has 1 amide bonds. The van der Waals surface area contributed by atoms with Gasteiger partial charge in [0, 0.05) is 38.2 Å². The van der Waals surface area contributed by atoms with E-state index in [-0.39, 0.29) is 23.5 Å². The van der Waals surface area contributed by atoms with E-state index >= 15 is 0 Å². The summed E-state index contributed by atoms with van der Waals surface area (Å²) in [7, 11) is 0. The highest BCUT2D eigenvalue weighted by Gasteiger charge is 2.24. The molecule has 3 aromatic rings. The van der Waals surface area contributed by atoms with Crippen molar-refractivity contribution in [1.82, 2.24) is 4.98 Å². The van der Waals surface area contributed by atoms with Gasteiger partial charge in [-0.05, 0) is 48.9 Å². The molecule has 2 heterocycles.